The van der Waals surface area contributed by atoms with Crippen molar-refractivity contribution in [2.24, 2.45) is 5.92 Å². The highest BCUT2D eigenvalue weighted by Crippen LogP contribution is 2.23. The number of nitrogens with one attached hydrogen (secondary N) is 1. The number of aliphatic hydroxyl groups excluding tert-OH is 1. The van der Waals surface area contributed by atoms with E-state index in [1.165, 1.54) is 19.0 Å². The van der Waals surface area contributed by atoms with Gasteiger partial charge in [-0.15, -0.1) is 0 Å². The summed E-state index contributed by atoms with van der Waals surface area (Å²) in [4.78, 5) is 14.1. The standard InChI is InChI=1S/C17H22N4O4S/c1-20(2)26(24,25)11-13-9-21(10-16(13)22)17(23)15-8-14(18-19-15)12-6-4-3-5-7-12/h3-8,13,16,22H,9-11H2,1-2H3,(H,18,19)/t13-,16+/m0/s1. The van der Waals surface area contributed by atoms with Gasteiger partial charge in [-0.1, -0.05) is 30.3 Å². The number of sulfonamides is 1. The molecule has 1 fully saturated rings. The molecule has 0 unspecified atom stereocenters. The first-order valence-corrected chi connectivity index (χ1v) is 9.87. The number of β-amino-alcohol motifs (C(OH)–C–C–N with tert-alkyl or cyclic N) is 1. The first kappa shape index (κ1) is 18.6. The van der Waals surface area contributed by atoms with E-state index in [0.717, 1.165) is 9.87 Å². The van der Waals surface area contributed by atoms with E-state index >= 15 is 0 Å². The molecule has 2 aromatic rings. The van der Waals surface area contributed by atoms with Crippen LogP contribution in [0.2, 0.25) is 0 Å². The molecule has 0 aliphatic carbocycles. The maximum absolute atomic E-state index is 12.7. The molecule has 1 saturated heterocycles. The number of rotatable bonds is 5. The van der Waals surface area contributed by atoms with Crippen LogP contribution in [0.5, 0.6) is 0 Å². The Morgan fingerprint density at radius 2 is 2.00 bits per heavy atom. The van der Waals surface area contributed by atoms with E-state index in [-0.39, 0.29) is 24.7 Å². The van der Waals surface area contributed by atoms with Gasteiger partial charge in [0.2, 0.25) is 10.0 Å². The van der Waals surface area contributed by atoms with E-state index in [1.807, 2.05) is 30.3 Å². The van der Waals surface area contributed by atoms with Gasteiger partial charge in [-0.2, -0.15) is 5.10 Å². The van der Waals surface area contributed by atoms with E-state index in [2.05, 4.69) is 10.2 Å². The minimum Gasteiger partial charge on any atom is -0.391 e. The van der Waals surface area contributed by atoms with Crippen molar-refractivity contribution in [1.82, 2.24) is 19.4 Å². The molecule has 1 amide bonds. The lowest BCUT2D eigenvalue weighted by molar-refractivity contribution is 0.0759. The van der Waals surface area contributed by atoms with Gasteiger partial charge in [-0.3, -0.25) is 9.89 Å². The Morgan fingerprint density at radius 1 is 1.31 bits per heavy atom. The lowest BCUT2D eigenvalue weighted by Gasteiger charge is -2.17. The quantitative estimate of drug-likeness (QED) is 0.783. The first-order valence-electron chi connectivity index (χ1n) is 8.26. The van der Waals surface area contributed by atoms with Crippen LogP contribution in [0.25, 0.3) is 11.3 Å². The molecule has 1 aromatic heterocycles. The van der Waals surface area contributed by atoms with Crippen molar-refractivity contribution >= 4 is 15.9 Å². The SMILES string of the molecule is CN(C)S(=O)(=O)C[C@@H]1CN(C(=O)c2cc(-c3ccccc3)n[nH]2)C[C@H]1O. The molecule has 3 rings (SSSR count). The van der Waals surface area contributed by atoms with Crippen molar-refractivity contribution in [1.29, 1.82) is 0 Å². The zero-order valence-corrected chi connectivity index (χ0v) is 15.5. The van der Waals surface area contributed by atoms with Crippen LogP contribution >= 0.6 is 0 Å². The number of aromatic nitrogens is 2. The molecule has 0 radical (unpaired) electrons. The molecule has 2 atom stereocenters. The van der Waals surface area contributed by atoms with Crippen molar-refractivity contribution in [2.75, 3.05) is 32.9 Å². The lowest BCUT2D eigenvalue weighted by atomic mass is 10.1. The lowest BCUT2D eigenvalue weighted by Crippen LogP contribution is -2.33. The number of carbonyl (C=O) groups excluding carboxylic acids is 1. The summed E-state index contributed by atoms with van der Waals surface area (Å²) in [7, 11) is -0.538. The summed E-state index contributed by atoms with van der Waals surface area (Å²) < 4.78 is 25.2. The second-order valence-electron chi connectivity index (χ2n) is 6.63. The van der Waals surface area contributed by atoms with Crippen LogP contribution in [0.1, 0.15) is 10.5 Å². The summed E-state index contributed by atoms with van der Waals surface area (Å²) in [6.07, 6.45) is -0.870. The van der Waals surface area contributed by atoms with Gasteiger partial charge in [-0.25, -0.2) is 12.7 Å². The predicted octanol–water partition coefficient (Wildman–Crippen LogP) is 0.401. The molecular formula is C17H22N4O4S. The van der Waals surface area contributed by atoms with E-state index in [0.29, 0.717) is 11.4 Å². The number of H-pyrrole nitrogens is 1. The summed E-state index contributed by atoms with van der Waals surface area (Å²) in [5, 5.41) is 17.1. The third-order valence-corrected chi connectivity index (χ3v) is 6.51. The van der Waals surface area contributed by atoms with Gasteiger partial charge in [0.05, 0.1) is 17.6 Å². The number of benzene rings is 1. The second-order valence-corrected chi connectivity index (χ2v) is 8.86. The normalized spacial score (nSPS) is 20.7. The number of hydrogen-bond acceptors (Lipinski definition) is 5. The Morgan fingerprint density at radius 3 is 2.65 bits per heavy atom. The molecule has 1 aliphatic rings. The topological polar surface area (TPSA) is 107 Å². The highest BCUT2D eigenvalue weighted by molar-refractivity contribution is 7.89. The average Bonchev–Trinajstić information content (AvgIpc) is 3.22. The van der Waals surface area contributed by atoms with Crippen LogP contribution in [0, 0.1) is 5.92 Å². The summed E-state index contributed by atoms with van der Waals surface area (Å²) >= 11 is 0. The van der Waals surface area contributed by atoms with Gasteiger partial charge in [0, 0.05) is 38.7 Å². The first-order chi connectivity index (χ1) is 12.3. The van der Waals surface area contributed by atoms with Crippen LogP contribution in [0.15, 0.2) is 36.4 Å². The van der Waals surface area contributed by atoms with Gasteiger partial charge in [0.25, 0.3) is 5.91 Å². The molecule has 140 valence electrons. The fraction of sp³-hybridized carbons (Fsp3) is 0.412. The summed E-state index contributed by atoms with van der Waals surface area (Å²) in [5.74, 6) is -1.00. The second kappa shape index (κ2) is 7.18. The molecule has 0 saturated carbocycles. The van der Waals surface area contributed by atoms with Crippen LogP contribution in [-0.2, 0) is 10.0 Å². The Hall–Kier alpha value is -2.23. The van der Waals surface area contributed by atoms with Gasteiger partial charge in [0.15, 0.2) is 0 Å². The number of likely N-dealkylation sites (tertiary alicyclic amines) is 1. The van der Waals surface area contributed by atoms with Crippen molar-refractivity contribution in [3.63, 3.8) is 0 Å². The van der Waals surface area contributed by atoms with E-state index in [1.54, 1.807) is 6.07 Å². The molecule has 8 nitrogen and oxygen atoms in total. The highest BCUT2D eigenvalue weighted by atomic mass is 32.2. The number of aliphatic hydroxyl groups is 1. The minimum absolute atomic E-state index is 0.103. The Kier molecular flexibility index (Phi) is 5.12. The van der Waals surface area contributed by atoms with Crippen LogP contribution in [0.4, 0.5) is 0 Å². The predicted molar refractivity (Wildman–Crippen MR) is 96.9 cm³/mol. The summed E-state index contributed by atoms with van der Waals surface area (Å²) in [5.41, 5.74) is 1.85. The molecule has 0 spiro atoms. The maximum atomic E-state index is 12.7. The van der Waals surface area contributed by atoms with Crippen molar-refractivity contribution in [3.05, 3.63) is 42.1 Å². The Bertz CT molecular complexity index is 879. The number of carbonyl (C=O) groups is 1. The zero-order chi connectivity index (χ0) is 18.9. The largest absolute Gasteiger partial charge is 0.391 e. The van der Waals surface area contributed by atoms with E-state index in [9.17, 15) is 18.3 Å². The third kappa shape index (κ3) is 3.79. The molecular weight excluding hydrogens is 356 g/mol. The molecule has 26 heavy (non-hydrogen) atoms. The fourth-order valence-electron chi connectivity index (χ4n) is 2.96. The highest BCUT2D eigenvalue weighted by Gasteiger charge is 2.38. The third-order valence-electron chi connectivity index (χ3n) is 4.55. The van der Waals surface area contributed by atoms with Gasteiger partial charge in [-0.05, 0) is 6.07 Å². The van der Waals surface area contributed by atoms with Crippen LogP contribution in [0.3, 0.4) is 0 Å². The summed E-state index contributed by atoms with van der Waals surface area (Å²) in [6, 6.07) is 11.1. The van der Waals surface area contributed by atoms with E-state index in [4.69, 9.17) is 0 Å². The van der Waals surface area contributed by atoms with Crippen LogP contribution < -0.4 is 0 Å². The van der Waals surface area contributed by atoms with Crippen molar-refractivity contribution < 1.29 is 18.3 Å². The molecule has 1 aromatic carbocycles. The van der Waals surface area contributed by atoms with E-state index < -0.39 is 22.0 Å². The molecule has 2 heterocycles. The monoisotopic (exact) mass is 378 g/mol. The molecule has 2 N–H and O–H groups in total. The van der Waals surface area contributed by atoms with Gasteiger partial charge < -0.3 is 10.0 Å². The van der Waals surface area contributed by atoms with Gasteiger partial charge >= 0.3 is 0 Å². The zero-order valence-electron chi connectivity index (χ0n) is 14.7. The number of hydrogen-bond donors (Lipinski definition) is 2. The Balaban J connectivity index is 1.71. The number of aromatic amines is 1. The molecule has 0 bridgehead atoms. The number of nitrogens with zero attached hydrogens (tertiary/aromatic N) is 3. The average molecular weight is 378 g/mol. The maximum Gasteiger partial charge on any atom is 0.271 e. The Labute approximate surface area is 152 Å². The van der Waals surface area contributed by atoms with Crippen molar-refractivity contribution in [3.8, 4) is 11.3 Å². The fourth-order valence-corrected chi connectivity index (χ4v) is 4.13. The smallest absolute Gasteiger partial charge is 0.271 e. The van der Waals surface area contributed by atoms with Crippen LogP contribution in [-0.4, -0.2) is 77.9 Å². The van der Waals surface area contributed by atoms with Crippen molar-refractivity contribution in [2.45, 2.75) is 6.10 Å². The molecule has 9 heteroatoms. The summed E-state index contributed by atoms with van der Waals surface area (Å²) in [6.45, 7) is 0.291. The molecule has 1 aliphatic heterocycles. The van der Waals surface area contributed by atoms with Gasteiger partial charge in [0.1, 0.15) is 5.69 Å². The minimum atomic E-state index is -3.45. The number of amides is 1.